The molecule has 0 atom stereocenters. The van der Waals surface area contributed by atoms with E-state index in [-0.39, 0.29) is 0 Å². The Morgan fingerprint density at radius 3 is 2.71 bits per heavy atom. The molecule has 0 aromatic carbocycles. The fourth-order valence-electron chi connectivity index (χ4n) is 3.10. The number of fused-ring (bicyclic) bond motifs is 1. The van der Waals surface area contributed by atoms with Gasteiger partial charge in [0, 0.05) is 12.4 Å². The van der Waals surface area contributed by atoms with Crippen LogP contribution in [0.15, 0.2) is 42.9 Å². The Hall–Kier alpha value is -3.09. The van der Waals surface area contributed by atoms with Crippen LogP contribution in [0.3, 0.4) is 0 Å². The van der Waals surface area contributed by atoms with Gasteiger partial charge in [0.15, 0.2) is 11.5 Å². The Morgan fingerprint density at radius 1 is 1.14 bits per heavy atom. The molecule has 0 unspecified atom stereocenters. The van der Waals surface area contributed by atoms with Gasteiger partial charge < -0.3 is 4.57 Å². The summed E-state index contributed by atoms with van der Waals surface area (Å²) in [6.07, 6.45) is 7.42. The highest BCUT2D eigenvalue weighted by Gasteiger charge is 2.13. The van der Waals surface area contributed by atoms with Crippen LogP contribution in [0.4, 0.5) is 4.39 Å². The number of nitrogens with zero attached hydrogens (tertiary/aromatic N) is 6. The summed E-state index contributed by atoms with van der Waals surface area (Å²) in [6, 6.07) is 6.81. The van der Waals surface area contributed by atoms with Gasteiger partial charge in [-0.05, 0) is 37.1 Å². The highest BCUT2D eigenvalue weighted by molar-refractivity contribution is 5.50. The maximum Gasteiger partial charge on any atom is 0.213 e. The quantitative estimate of drug-likeness (QED) is 0.480. The fraction of sp³-hybridized carbons (Fsp3) is 0.333. The average Bonchev–Trinajstić information content (AvgIpc) is 3.29. The number of pyridine rings is 1. The largest absolute Gasteiger partial charge is 0.324 e. The number of hydrogen-bond donors (Lipinski definition) is 0. The van der Waals surface area contributed by atoms with Gasteiger partial charge in [0.2, 0.25) is 5.95 Å². The van der Waals surface area contributed by atoms with E-state index in [1.807, 2.05) is 37.7 Å². The van der Waals surface area contributed by atoms with E-state index in [2.05, 4.69) is 27.9 Å². The minimum Gasteiger partial charge on any atom is -0.324 e. The first-order valence-electron chi connectivity index (χ1n) is 9.63. The lowest BCUT2D eigenvalue weighted by Crippen LogP contribution is -2.10. The summed E-state index contributed by atoms with van der Waals surface area (Å²) < 4.78 is 17.2. The molecular formula is C21H25FN6. The Bertz CT molecular complexity index is 1070. The second-order valence-corrected chi connectivity index (χ2v) is 6.28. The number of hydrogen-bond acceptors (Lipinski definition) is 4. The van der Waals surface area contributed by atoms with Gasteiger partial charge in [0.25, 0.3) is 0 Å². The van der Waals surface area contributed by atoms with E-state index in [9.17, 15) is 4.39 Å². The summed E-state index contributed by atoms with van der Waals surface area (Å²) in [5.41, 5.74) is 4.41. The van der Waals surface area contributed by atoms with Crippen LogP contribution in [0.1, 0.15) is 44.1 Å². The zero-order valence-corrected chi connectivity index (χ0v) is 16.7. The molecule has 28 heavy (non-hydrogen) atoms. The fourth-order valence-corrected chi connectivity index (χ4v) is 3.10. The van der Waals surface area contributed by atoms with Crippen LogP contribution in [0.5, 0.6) is 0 Å². The van der Waals surface area contributed by atoms with Gasteiger partial charge in [-0.25, -0.2) is 19.5 Å². The summed E-state index contributed by atoms with van der Waals surface area (Å²) in [5, 5.41) is 4.75. The van der Waals surface area contributed by atoms with Crippen molar-refractivity contribution in [1.82, 2.24) is 29.1 Å². The number of halogens is 1. The van der Waals surface area contributed by atoms with Crippen LogP contribution < -0.4 is 0 Å². The third kappa shape index (κ3) is 4.08. The van der Waals surface area contributed by atoms with E-state index in [1.54, 1.807) is 22.8 Å². The molecule has 0 spiro atoms. The standard InChI is InChI=1S/C19H19FN6.C2H6/c1-3-5-14-10-18-22-13(2)11-26(18)24-16(14)12-25-9-8-21-19(25)15-6-4-7-17(20)23-15;1-2/h4,6-11H,3,5,12H2,1-2H3;1-2H3. The van der Waals surface area contributed by atoms with Crippen molar-refractivity contribution >= 4 is 5.65 Å². The predicted octanol–water partition coefficient (Wildman–Crippen LogP) is 4.46. The Kier molecular flexibility index (Phi) is 6.13. The molecule has 0 saturated heterocycles. The monoisotopic (exact) mass is 380 g/mol. The molecule has 6 nitrogen and oxygen atoms in total. The van der Waals surface area contributed by atoms with Crippen molar-refractivity contribution in [2.75, 3.05) is 0 Å². The van der Waals surface area contributed by atoms with Crippen LogP contribution >= 0.6 is 0 Å². The Balaban J connectivity index is 0.00000109. The third-order valence-electron chi connectivity index (χ3n) is 4.24. The molecule has 4 aromatic heterocycles. The van der Waals surface area contributed by atoms with Gasteiger partial charge in [-0.1, -0.05) is 33.3 Å². The molecule has 4 heterocycles. The smallest absolute Gasteiger partial charge is 0.213 e. The Morgan fingerprint density at radius 2 is 1.96 bits per heavy atom. The van der Waals surface area contributed by atoms with Crippen molar-refractivity contribution in [2.45, 2.75) is 47.1 Å². The minimum absolute atomic E-state index is 0.506. The van der Waals surface area contributed by atoms with Crippen molar-refractivity contribution in [2.24, 2.45) is 0 Å². The zero-order valence-electron chi connectivity index (χ0n) is 16.7. The van der Waals surface area contributed by atoms with E-state index in [0.29, 0.717) is 18.1 Å². The lowest BCUT2D eigenvalue weighted by atomic mass is 10.1. The van der Waals surface area contributed by atoms with Crippen molar-refractivity contribution in [3.05, 3.63) is 65.8 Å². The second kappa shape index (κ2) is 8.73. The molecule has 0 aliphatic carbocycles. The molecule has 0 amide bonds. The van der Waals surface area contributed by atoms with Crippen LogP contribution in [0.2, 0.25) is 0 Å². The molecular weight excluding hydrogens is 355 g/mol. The first-order valence-corrected chi connectivity index (χ1v) is 9.63. The van der Waals surface area contributed by atoms with E-state index >= 15 is 0 Å². The number of aromatic nitrogens is 6. The molecule has 0 bridgehead atoms. The highest BCUT2D eigenvalue weighted by Crippen LogP contribution is 2.19. The molecule has 4 rings (SSSR count). The van der Waals surface area contributed by atoms with Gasteiger partial charge in [-0.3, -0.25) is 0 Å². The van der Waals surface area contributed by atoms with Gasteiger partial charge in [-0.15, -0.1) is 0 Å². The number of aryl methyl sites for hydroxylation is 2. The predicted molar refractivity (Wildman–Crippen MR) is 108 cm³/mol. The molecule has 4 aromatic rings. The summed E-state index contributed by atoms with van der Waals surface area (Å²) in [5.74, 6) is 0.104. The third-order valence-corrected chi connectivity index (χ3v) is 4.24. The second-order valence-electron chi connectivity index (χ2n) is 6.28. The topological polar surface area (TPSA) is 60.9 Å². The average molecular weight is 380 g/mol. The normalized spacial score (nSPS) is 10.8. The van der Waals surface area contributed by atoms with Gasteiger partial charge in [0.05, 0.1) is 24.1 Å². The van der Waals surface area contributed by atoms with Crippen LogP contribution in [0, 0.1) is 12.9 Å². The molecule has 0 saturated carbocycles. The molecule has 0 aliphatic heterocycles. The van der Waals surface area contributed by atoms with Gasteiger partial charge in [0.1, 0.15) is 5.69 Å². The van der Waals surface area contributed by atoms with Crippen LogP contribution in [-0.2, 0) is 13.0 Å². The minimum atomic E-state index is -0.517. The maximum absolute atomic E-state index is 13.5. The SMILES string of the molecule is CC.CCCc1cc2nc(C)cn2nc1Cn1ccnc1-c1cccc(F)n1. The number of imidazole rings is 2. The van der Waals surface area contributed by atoms with E-state index in [1.165, 1.54) is 6.07 Å². The highest BCUT2D eigenvalue weighted by atomic mass is 19.1. The van der Waals surface area contributed by atoms with E-state index < -0.39 is 5.95 Å². The van der Waals surface area contributed by atoms with Crippen molar-refractivity contribution < 1.29 is 4.39 Å². The lowest BCUT2D eigenvalue weighted by molar-refractivity contribution is 0.584. The van der Waals surface area contributed by atoms with Crippen molar-refractivity contribution in [1.29, 1.82) is 0 Å². The van der Waals surface area contributed by atoms with Crippen molar-refractivity contribution in [3.8, 4) is 11.5 Å². The maximum atomic E-state index is 13.5. The molecule has 0 fully saturated rings. The summed E-state index contributed by atoms with van der Waals surface area (Å²) in [7, 11) is 0. The lowest BCUT2D eigenvalue weighted by Gasteiger charge is -2.11. The first kappa shape index (κ1) is 19.7. The zero-order chi connectivity index (χ0) is 20.1. The molecule has 0 N–H and O–H groups in total. The van der Waals surface area contributed by atoms with Crippen LogP contribution in [0.25, 0.3) is 17.2 Å². The molecule has 0 aliphatic rings. The Labute approximate surface area is 164 Å². The van der Waals surface area contributed by atoms with E-state index in [0.717, 1.165) is 35.4 Å². The van der Waals surface area contributed by atoms with Gasteiger partial charge in [-0.2, -0.15) is 9.49 Å². The summed E-state index contributed by atoms with van der Waals surface area (Å²) in [6.45, 7) is 8.64. The van der Waals surface area contributed by atoms with E-state index in [4.69, 9.17) is 5.10 Å². The van der Waals surface area contributed by atoms with Crippen molar-refractivity contribution in [3.63, 3.8) is 0 Å². The molecule has 0 radical (unpaired) electrons. The summed E-state index contributed by atoms with van der Waals surface area (Å²) in [4.78, 5) is 12.8. The van der Waals surface area contributed by atoms with Crippen LogP contribution in [-0.4, -0.2) is 29.1 Å². The number of rotatable bonds is 5. The van der Waals surface area contributed by atoms with Gasteiger partial charge >= 0.3 is 0 Å². The summed E-state index contributed by atoms with van der Waals surface area (Å²) >= 11 is 0. The first-order chi connectivity index (χ1) is 13.6. The molecule has 7 heteroatoms. The molecule has 146 valence electrons.